The van der Waals surface area contributed by atoms with Crippen molar-refractivity contribution >= 4 is 35.8 Å². The van der Waals surface area contributed by atoms with Crippen LogP contribution in [-0.2, 0) is 57.2 Å². The van der Waals surface area contributed by atoms with E-state index < -0.39 is 12.1 Å². The Kier molecular flexibility index (Phi) is 54.2. The van der Waals surface area contributed by atoms with Crippen molar-refractivity contribution in [2.24, 2.45) is 17.2 Å². The summed E-state index contributed by atoms with van der Waals surface area (Å²) in [6, 6.07) is 0. The molecule has 0 heterocycles. The van der Waals surface area contributed by atoms with E-state index in [4.69, 9.17) is 45.6 Å². The fourth-order valence-electron chi connectivity index (χ4n) is 9.06. The van der Waals surface area contributed by atoms with E-state index in [9.17, 15) is 28.8 Å². The fraction of sp³-hybridized carbons (Fsp3) is 0.812. The molecular formula is C64H115N3O12. The summed E-state index contributed by atoms with van der Waals surface area (Å²) in [5.74, 6) is -2.10. The molecule has 0 bridgehead atoms. The quantitative estimate of drug-likeness (QED) is 0.0222. The summed E-state index contributed by atoms with van der Waals surface area (Å²) >= 11 is 0. The van der Waals surface area contributed by atoms with Crippen LogP contribution in [0.2, 0.25) is 0 Å². The Hall–Kier alpha value is -4.08. The number of unbranched alkanes of at least 4 members (excludes halogenated alkanes) is 24. The van der Waals surface area contributed by atoms with Gasteiger partial charge in [0, 0.05) is 45.1 Å². The number of rotatable bonds is 57. The first-order valence-corrected chi connectivity index (χ1v) is 31.7. The Balaban J connectivity index is 4.89. The van der Waals surface area contributed by atoms with Gasteiger partial charge in [-0.15, -0.1) is 0 Å². The van der Waals surface area contributed by atoms with Gasteiger partial charge in [0.25, 0.3) is 0 Å². The molecule has 0 aliphatic heterocycles. The van der Waals surface area contributed by atoms with Gasteiger partial charge in [-0.1, -0.05) is 173 Å². The highest BCUT2D eigenvalue weighted by Gasteiger charge is 2.20. The maximum atomic E-state index is 13.0. The Labute approximate surface area is 479 Å². The number of hydrogen-bond acceptors (Lipinski definition) is 15. The van der Waals surface area contributed by atoms with Crippen LogP contribution in [0.25, 0.3) is 0 Å². The standard InChI is InChI=1S/C64H115N3O12/c1-4-7-10-31-40-55(76-62(71)49-50-65)43-34-25-19-15-18-24-30-39-48-61(70)79-58(53-74-59(68)46-37-28-22-16-13-20-26-35-44-56(77-63(72)51-66)41-32-11-8-5-2)54-75-60(69)47-38-29-23-17-14-21-27-36-45-57(78-64(73)52-67)42-33-12-9-6-3/h25-27,34-36,55-58H,4-24,28-33,37-54,65-67H2,1-3H3/b34-25-,35-26-,36-27+. The third-order valence-electron chi connectivity index (χ3n) is 13.8. The molecule has 6 N–H and O–H groups in total. The van der Waals surface area contributed by atoms with Crippen LogP contribution < -0.4 is 17.2 Å². The van der Waals surface area contributed by atoms with Crippen LogP contribution in [0.5, 0.6) is 0 Å². The molecule has 0 saturated heterocycles. The van der Waals surface area contributed by atoms with Gasteiger partial charge in [0.05, 0.1) is 19.5 Å². The number of hydrogen-bond donors (Lipinski definition) is 3. The van der Waals surface area contributed by atoms with Gasteiger partial charge < -0.3 is 45.6 Å². The van der Waals surface area contributed by atoms with E-state index >= 15 is 0 Å². The monoisotopic (exact) mass is 1120 g/mol. The first-order chi connectivity index (χ1) is 38.5. The van der Waals surface area contributed by atoms with E-state index in [-0.39, 0.29) is 100 Å². The van der Waals surface area contributed by atoms with Crippen molar-refractivity contribution in [1.29, 1.82) is 0 Å². The van der Waals surface area contributed by atoms with Gasteiger partial charge >= 0.3 is 35.8 Å². The van der Waals surface area contributed by atoms with Crippen LogP contribution in [0.4, 0.5) is 0 Å². The molecule has 0 aromatic rings. The lowest BCUT2D eigenvalue weighted by Crippen LogP contribution is -2.30. The molecule has 15 heteroatoms. The molecule has 0 aliphatic carbocycles. The zero-order valence-corrected chi connectivity index (χ0v) is 50.2. The van der Waals surface area contributed by atoms with Crippen LogP contribution in [-0.4, -0.2) is 93.1 Å². The molecule has 458 valence electrons. The lowest BCUT2D eigenvalue weighted by molar-refractivity contribution is -0.167. The molecule has 0 amide bonds. The summed E-state index contributed by atoms with van der Waals surface area (Å²) < 4.78 is 33.6. The van der Waals surface area contributed by atoms with Crippen molar-refractivity contribution < 1.29 is 57.2 Å². The van der Waals surface area contributed by atoms with E-state index in [0.717, 1.165) is 173 Å². The number of carbonyl (C=O) groups excluding carboxylic acids is 6. The molecule has 0 aliphatic rings. The molecule has 0 aromatic carbocycles. The molecule has 0 radical (unpaired) electrons. The van der Waals surface area contributed by atoms with E-state index in [0.29, 0.717) is 45.1 Å². The predicted octanol–water partition coefficient (Wildman–Crippen LogP) is 13.9. The molecule has 0 spiro atoms. The Morgan fingerprint density at radius 2 is 0.608 bits per heavy atom. The second-order valence-electron chi connectivity index (χ2n) is 21.3. The summed E-state index contributed by atoms with van der Waals surface area (Å²) in [5, 5.41) is 0. The smallest absolute Gasteiger partial charge is 0.319 e. The molecular weight excluding hydrogens is 1000 g/mol. The highest BCUT2D eigenvalue weighted by Crippen LogP contribution is 2.18. The molecule has 15 nitrogen and oxygen atoms in total. The normalized spacial score (nSPS) is 13.1. The number of ether oxygens (including phenoxy) is 6. The third-order valence-corrected chi connectivity index (χ3v) is 13.8. The van der Waals surface area contributed by atoms with Crippen molar-refractivity contribution in [2.75, 3.05) is 32.8 Å². The van der Waals surface area contributed by atoms with Gasteiger partial charge in [-0.25, -0.2) is 0 Å². The molecule has 79 heavy (non-hydrogen) atoms. The first kappa shape index (κ1) is 74.9. The van der Waals surface area contributed by atoms with Crippen LogP contribution in [0.3, 0.4) is 0 Å². The first-order valence-electron chi connectivity index (χ1n) is 31.7. The SMILES string of the molecule is CCCCCCC(C/C=C\CCCCCCCC(=O)OCC(COC(=O)CCCCCCC/C=C/CC(CCCCCC)OC(=O)CN)OC(=O)CCCCCCC/C=C\CC(CCCCCC)OC(=O)CCN)OC(=O)CN. The lowest BCUT2D eigenvalue weighted by atomic mass is 10.1. The summed E-state index contributed by atoms with van der Waals surface area (Å²) in [5.41, 5.74) is 16.5. The van der Waals surface area contributed by atoms with Gasteiger partial charge in [-0.3, -0.25) is 28.8 Å². The fourth-order valence-corrected chi connectivity index (χ4v) is 9.06. The van der Waals surface area contributed by atoms with Gasteiger partial charge in [-0.05, 0) is 96.3 Å². The number of esters is 6. The van der Waals surface area contributed by atoms with Gasteiger partial charge in [-0.2, -0.15) is 0 Å². The Bertz CT molecular complexity index is 1510. The van der Waals surface area contributed by atoms with Crippen LogP contribution in [0.1, 0.15) is 278 Å². The second kappa shape index (κ2) is 57.2. The van der Waals surface area contributed by atoms with Crippen molar-refractivity contribution in [3.05, 3.63) is 36.5 Å². The molecule has 4 atom stereocenters. The Morgan fingerprint density at radius 1 is 0.316 bits per heavy atom. The van der Waals surface area contributed by atoms with Gasteiger partial charge in [0.15, 0.2) is 6.10 Å². The van der Waals surface area contributed by atoms with E-state index in [1.807, 2.05) is 0 Å². The largest absolute Gasteiger partial charge is 0.462 e. The average molecular weight is 1120 g/mol. The minimum atomic E-state index is -0.887. The summed E-state index contributed by atoms with van der Waals surface area (Å²) in [6.45, 7) is 6.27. The van der Waals surface area contributed by atoms with Gasteiger partial charge in [0.2, 0.25) is 0 Å². The zero-order valence-electron chi connectivity index (χ0n) is 50.2. The lowest BCUT2D eigenvalue weighted by Gasteiger charge is -2.18. The molecule has 4 unspecified atom stereocenters. The van der Waals surface area contributed by atoms with Crippen molar-refractivity contribution in [2.45, 2.75) is 302 Å². The third kappa shape index (κ3) is 51.8. The minimum absolute atomic E-state index is 0.103. The summed E-state index contributed by atoms with van der Waals surface area (Å²) in [6.07, 6.45) is 47.4. The number of carbonyl (C=O) groups is 6. The highest BCUT2D eigenvalue weighted by atomic mass is 16.6. The highest BCUT2D eigenvalue weighted by molar-refractivity contribution is 5.72. The summed E-state index contributed by atoms with van der Waals surface area (Å²) in [7, 11) is 0. The van der Waals surface area contributed by atoms with E-state index in [1.165, 1.54) is 19.3 Å². The van der Waals surface area contributed by atoms with Crippen molar-refractivity contribution in [3.8, 4) is 0 Å². The molecule has 0 rings (SSSR count). The van der Waals surface area contributed by atoms with Crippen molar-refractivity contribution in [1.82, 2.24) is 0 Å². The molecule has 0 fully saturated rings. The van der Waals surface area contributed by atoms with Gasteiger partial charge in [0.1, 0.15) is 31.5 Å². The Morgan fingerprint density at radius 3 is 0.949 bits per heavy atom. The van der Waals surface area contributed by atoms with E-state index in [2.05, 4.69) is 57.2 Å². The molecule has 0 saturated carbocycles. The van der Waals surface area contributed by atoms with E-state index in [1.54, 1.807) is 0 Å². The average Bonchev–Trinajstić information content (AvgIpc) is 3.43. The zero-order chi connectivity index (χ0) is 58.1. The second-order valence-corrected chi connectivity index (χ2v) is 21.3. The van der Waals surface area contributed by atoms with Crippen molar-refractivity contribution in [3.63, 3.8) is 0 Å². The summed E-state index contributed by atoms with van der Waals surface area (Å²) in [4.78, 5) is 74.2. The predicted molar refractivity (Wildman–Crippen MR) is 318 cm³/mol. The maximum absolute atomic E-state index is 13.0. The van der Waals surface area contributed by atoms with Crippen LogP contribution >= 0.6 is 0 Å². The number of nitrogens with two attached hydrogens (primary N) is 3. The number of allylic oxidation sites excluding steroid dienone is 3. The molecule has 0 aromatic heterocycles. The topological polar surface area (TPSA) is 236 Å². The maximum Gasteiger partial charge on any atom is 0.319 e. The van der Waals surface area contributed by atoms with Crippen LogP contribution in [0.15, 0.2) is 36.5 Å². The van der Waals surface area contributed by atoms with Crippen LogP contribution in [0, 0.1) is 0 Å². The minimum Gasteiger partial charge on any atom is -0.462 e.